The number of nitrogens with one attached hydrogen (secondary N) is 3. The van der Waals surface area contributed by atoms with Gasteiger partial charge in [-0.2, -0.15) is 5.10 Å². The van der Waals surface area contributed by atoms with Crippen molar-refractivity contribution >= 4 is 45.8 Å². The number of rotatable bonds is 5. The van der Waals surface area contributed by atoms with Gasteiger partial charge < -0.3 is 20.2 Å². The van der Waals surface area contributed by atoms with Crippen LogP contribution in [0.15, 0.2) is 71.1 Å². The second-order valence-corrected chi connectivity index (χ2v) is 8.77. The van der Waals surface area contributed by atoms with Crippen molar-refractivity contribution in [2.75, 3.05) is 10.6 Å². The van der Waals surface area contributed by atoms with Crippen molar-refractivity contribution < 1.29 is 19.1 Å². The number of halogens is 1. The smallest absolute Gasteiger partial charge is 0.293 e. The lowest BCUT2D eigenvalue weighted by molar-refractivity contribution is 0.0999. The fraction of sp³-hybridized carbons (Fsp3) is 0.0741. The Morgan fingerprint density at radius 3 is 2.44 bits per heavy atom. The highest BCUT2D eigenvalue weighted by atomic mass is 35.5. The van der Waals surface area contributed by atoms with E-state index in [0.717, 1.165) is 11.1 Å². The van der Waals surface area contributed by atoms with Gasteiger partial charge in [0.05, 0.1) is 5.69 Å². The van der Waals surface area contributed by atoms with Crippen LogP contribution >= 0.6 is 11.6 Å². The number of benzene rings is 3. The Labute approximate surface area is 210 Å². The number of hydrogen-bond donors (Lipinski definition) is 4. The zero-order chi connectivity index (χ0) is 25.4. The second kappa shape index (κ2) is 9.24. The highest BCUT2D eigenvalue weighted by Crippen LogP contribution is 2.33. The third kappa shape index (κ3) is 4.42. The first-order valence-corrected chi connectivity index (χ1v) is 11.4. The van der Waals surface area contributed by atoms with Crippen molar-refractivity contribution in [3.63, 3.8) is 0 Å². The van der Waals surface area contributed by atoms with Gasteiger partial charge in [0.1, 0.15) is 22.7 Å². The number of aromatic hydroxyl groups is 1. The Balaban J connectivity index is 1.45. The number of fused-ring (bicyclic) bond motifs is 1. The average Bonchev–Trinajstić information content (AvgIpc) is 3.49. The summed E-state index contributed by atoms with van der Waals surface area (Å²) in [5, 5.41) is 23.9. The molecule has 9 heteroatoms. The summed E-state index contributed by atoms with van der Waals surface area (Å²) < 4.78 is 5.80. The highest BCUT2D eigenvalue weighted by Gasteiger charge is 2.24. The Bertz CT molecular complexity index is 1620. The molecule has 0 bridgehead atoms. The molecule has 8 nitrogen and oxygen atoms in total. The van der Waals surface area contributed by atoms with E-state index in [2.05, 4.69) is 20.8 Å². The van der Waals surface area contributed by atoms with Crippen molar-refractivity contribution in [1.82, 2.24) is 10.2 Å². The molecular weight excluding hydrogens is 480 g/mol. The van der Waals surface area contributed by atoms with Crippen LogP contribution in [-0.2, 0) is 0 Å². The number of carbonyl (C=O) groups is 2. The molecule has 180 valence electrons. The summed E-state index contributed by atoms with van der Waals surface area (Å²) in [6.07, 6.45) is 0. The van der Waals surface area contributed by atoms with Gasteiger partial charge in [0.15, 0.2) is 0 Å². The number of phenols is 1. The predicted molar refractivity (Wildman–Crippen MR) is 139 cm³/mol. The number of H-pyrrole nitrogens is 1. The molecule has 0 saturated heterocycles. The van der Waals surface area contributed by atoms with Gasteiger partial charge in [-0.15, -0.1) is 0 Å². The normalized spacial score (nSPS) is 11.0. The van der Waals surface area contributed by atoms with Gasteiger partial charge >= 0.3 is 0 Å². The number of phenolic OH excluding ortho intramolecular Hbond substituents is 1. The molecule has 0 radical (unpaired) electrons. The van der Waals surface area contributed by atoms with Crippen LogP contribution in [0.2, 0.25) is 5.02 Å². The number of furan rings is 1. The number of hydrogen-bond acceptors (Lipinski definition) is 5. The number of nitrogens with zero attached hydrogens (tertiary/aromatic N) is 1. The summed E-state index contributed by atoms with van der Waals surface area (Å²) in [7, 11) is 0. The van der Waals surface area contributed by atoms with Crippen LogP contribution in [0.3, 0.4) is 0 Å². The van der Waals surface area contributed by atoms with Crippen LogP contribution in [0, 0.1) is 13.8 Å². The number of aromatic nitrogens is 2. The molecule has 0 spiro atoms. The van der Waals surface area contributed by atoms with E-state index < -0.39 is 11.8 Å². The van der Waals surface area contributed by atoms with Crippen LogP contribution in [-0.4, -0.2) is 27.1 Å². The molecule has 0 aliphatic rings. The van der Waals surface area contributed by atoms with E-state index >= 15 is 0 Å². The van der Waals surface area contributed by atoms with E-state index in [0.29, 0.717) is 32.9 Å². The Hall–Kier alpha value is -4.56. The van der Waals surface area contributed by atoms with Crippen molar-refractivity contribution in [2.24, 2.45) is 0 Å². The van der Waals surface area contributed by atoms with Crippen molar-refractivity contribution in [2.45, 2.75) is 13.8 Å². The zero-order valence-corrected chi connectivity index (χ0v) is 20.1. The number of aromatic amines is 1. The van der Waals surface area contributed by atoms with E-state index in [-0.39, 0.29) is 22.9 Å². The lowest BCUT2D eigenvalue weighted by Crippen LogP contribution is -2.17. The molecule has 0 saturated carbocycles. The SMILES string of the molecule is Cc1cc(O)c(-c2cc(C(=O)Nc3c(C(=O)Nc4ccc(Cl)cc4)oc4ccccc34)[nH]n2)cc1C. The maximum atomic E-state index is 13.1. The molecule has 0 aliphatic heterocycles. The van der Waals surface area contributed by atoms with E-state index in [9.17, 15) is 14.7 Å². The number of anilines is 2. The molecule has 2 amide bonds. The topological polar surface area (TPSA) is 120 Å². The van der Waals surface area contributed by atoms with Crippen LogP contribution in [0.25, 0.3) is 22.2 Å². The first kappa shape index (κ1) is 23.2. The third-order valence-corrected chi connectivity index (χ3v) is 6.10. The molecule has 36 heavy (non-hydrogen) atoms. The minimum Gasteiger partial charge on any atom is -0.507 e. The van der Waals surface area contributed by atoms with Gasteiger partial charge in [-0.1, -0.05) is 23.7 Å². The molecule has 0 unspecified atom stereocenters. The molecule has 5 rings (SSSR count). The Morgan fingerprint density at radius 2 is 1.67 bits per heavy atom. The number of aryl methyl sites for hydroxylation is 2. The number of carbonyl (C=O) groups excluding carboxylic acids is 2. The van der Waals surface area contributed by atoms with Crippen LogP contribution in [0.1, 0.15) is 32.2 Å². The summed E-state index contributed by atoms with van der Waals surface area (Å²) in [5.41, 5.74) is 4.19. The highest BCUT2D eigenvalue weighted by molar-refractivity contribution is 6.30. The summed E-state index contributed by atoms with van der Waals surface area (Å²) in [4.78, 5) is 26.2. The van der Waals surface area contributed by atoms with E-state index in [1.54, 1.807) is 54.6 Å². The fourth-order valence-corrected chi connectivity index (χ4v) is 3.94. The fourth-order valence-electron chi connectivity index (χ4n) is 3.81. The number of amides is 2. The molecule has 0 fully saturated rings. The standard InChI is InChI=1S/C27H21ClN4O4/c1-14-11-19(22(33)12-15(14)2)20-13-21(32-31-20)26(34)30-24-18-5-3-4-6-23(18)36-25(24)27(35)29-17-9-7-16(28)8-10-17/h3-13,33H,1-2H3,(H,29,35)(H,30,34)(H,31,32). The molecule has 2 aromatic heterocycles. The first-order valence-electron chi connectivity index (χ1n) is 11.1. The van der Waals surface area contributed by atoms with E-state index in [1.807, 2.05) is 19.9 Å². The third-order valence-electron chi connectivity index (χ3n) is 5.85. The first-order chi connectivity index (χ1) is 17.3. The van der Waals surface area contributed by atoms with Gasteiger partial charge in [0.25, 0.3) is 11.8 Å². The van der Waals surface area contributed by atoms with Gasteiger partial charge in [-0.3, -0.25) is 14.7 Å². The molecule has 5 aromatic rings. The van der Waals surface area contributed by atoms with Crippen LogP contribution in [0.4, 0.5) is 11.4 Å². The molecule has 0 aliphatic carbocycles. The van der Waals surface area contributed by atoms with Crippen LogP contribution in [0.5, 0.6) is 5.75 Å². The quantitative estimate of drug-likeness (QED) is 0.225. The zero-order valence-electron chi connectivity index (χ0n) is 19.3. The van der Waals surface area contributed by atoms with Crippen molar-refractivity contribution in [3.8, 4) is 17.0 Å². The average molecular weight is 501 g/mol. The lowest BCUT2D eigenvalue weighted by atomic mass is 10.0. The Kier molecular flexibility index (Phi) is 5.95. The Morgan fingerprint density at radius 1 is 0.944 bits per heavy atom. The second-order valence-electron chi connectivity index (χ2n) is 8.34. The van der Waals surface area contributed by atoms with E-state index in [1.165, 1.54) is 6.07 Å². The minimum absolute atomic E-state index is 0.0500. The maximum absolute atomic E-state index is 13.1. The molecule has 3 aromatic carbocycles. The van der Waals surface area contributed by atoms with Crippen molar-refractivity contribution in [3.05, 3.63) is 94.3 Å². The maximum Gasteiger partial charge on any atom is 0.293 e. The largest absolute Gasteiger partial charge is 0.507 e. The summed E-state index contributed by atoms with van der Waals surface area (Å²) in [6, 6.07) is 18.7. The molecule has 4 N–H and O–H groups in total. The van der Waals surface area contributed by atoms with Crippen LogP contribution < -0.4 is 10.6 Å². The van der Waals surface area contributed by atoms with Gasteiger partial charge in [-0.25, -0.2) is 0 Å². The lowest BCUT2D eigenvalue weighted by Gasteiger charge is -2.07. The van der Waals surface area contributed by atoms with Gasteiger partial charge in [-0.05, 0) is 79.6 Å². The molecule has 2 heterocycles. The van der Waals surface area contributed by atoms with E-state index in [4.69, 9.17) is 16.0 Å². The molecule has 0 atom stereocenters. The summed E-state index contributed by atoms with van der Waals surface area (Å²) in [6.45, 7) is 3.83. The summed E-state index contributed by atoms with van der Waals surface area (Å²) >= 11 is 5.92. The monoisotopic (exact) mass is 500 g/mol. The number of para-hydroxylation sites is 1. The predicted octanol–water partition coefficient (Wildman–Crippen LogP) is 6.30. The summed E-state index contributed by atoms with van der Waals surface area (Å²) in [5.74, 6) is -1.04. The van der Waals surface area contributed by atoms with Gasteiger partial charge in [0, 0.05) is 21.7 Å². The van der Waals surface area contributed by atoms with Crippen molar-refractivity contribution in [1.29, 1.82) is 0 Å². The molecular formula is C27H21ClN4O4. The van der Waals surface area contributed by atoms with Gasteiger partial charge in [0.2, 0.25) is 5.76 Å². The minimum atomic E-state index is -0.533.